The number of carbonyl (C=O) groups is 1. The number of rotatable bonds is 2. The number of nitrogens with zero attached hydrogens (tertiary/aromatic N) is 4. The number of carbonyl (C=O) groups excluding carboxylic acids is 1. The van der Waals surface area contributed by atoms with Crippen LogP contribution in [0.15, 0.2) is 12.4 Å². The Morgan fingerprint density at radius 2 is 2.19 bits per heavy atom. The minimum absolute atomic E-state index is 0.178. The molecule has 2 rings (SSSR count). The lowest BCUT2D eigenvalue weighted by molar-refractivity contribution is 0.102. The van der Waals surface area contributed by atoms with Crippen LogP contribution in [0.3, 0.4) is 0 Å². The maximum atomic E-state index is 11.6. The Kier molecular flexibility index (Phi) is 3.07. The molecular weight excluding hydrogens is 250 g/mol. The van der Waals surface area contributed by atoms with Gasteiger partial charge >= 0.3 is 0 Å². The SMILES string of the molecule is Cc1nnc(NC(=O)c2cnc(Cl)cn2)s1. The minimum Gasteiger partial charge on any atom is -0.295 e. The van der Waals surface area contributed by atoms with Gasteiger partial charge in [0.2, 0.25) is 5.13 Å². The van der Waals surface area contributed by atoms with E-state index in [2.05, 4.69) is 25.5 Å². The molecule has 16 heavy (non-hydrogen) atoms. The Labute approximate surface area is 99.7 Å². The van der Waals surface area contributed by atoms with Crippen LogP contribution in [0.5, 0.6) is 0 Å². The molecule has 0 saturated heterocycles. The second-order valence-corrected chi connectivity index (χ2v) is 4.37. The van der Waals surface area contributed by atoms with Gasteiger partial charge < -0.3 is 0 Å². The highest BCUT2D eigenvalue weighted by Gasteiger charge is 2.10. The van der Waals surface area contributed by atoms with Crippen LogP contribution in [0.1, 0.15) is 15.5 Å². The van der Waals surface area contributed by atoms with E-state index in [4.69, 9.17) is 11.6 Å². The van der Waals surface area contributed by atoms with E-state index >= 15 is 0 Å². The molecule has 0 unspecified atom stereocenters. The van der Waals surface area contributed by atoms with Crippen molar-refractivity contribution in [2.45, 2.75) is 6.92 Å². The Bertz CT molecular complexity index is 511. The molecule has 0 aliphatic heterocycles. The van der Waals surface area contributed by atoms with Crippen molar-refractivity contribution >= 4 is 34.0 Å². The number of anilines is 1. The molecule has 6 nitrogen and oxygen atoms in total. The molecule has 0 aliphatic rings. The molecule has 2 aromatic heterocycles. The first-order valence-corrected chi connectivity index (χ1v) is 5.43. The van der Waals surface area contributed by atoms with Crippen LogP contribution in [-0.4, -0.2) is 26.1 Å². The monoisotopic (exact) mass is 255 g/mol. The predicted molar refractivity (Wildman–Crippen MR) is 59.6 cm³/mol. The molecule has 2 heterocycles. The van der Waals surface area contributed by atoms with E-state index < -0.39 is 0 Å². The maximum absolute atomic E-state index is 11.6. The number of halogens is 1. The van der Waals surface area contributed by atoms with Crippen LogP contribution in [0.25, 0.3) is 0 Å². The molecule has 2 aromatic rings. The van der Waals surface area contributed by atoms with E-state index in [9.17, 15) is 4.79 Å². The minimum atomic E-state index is -0.389. The lowest BCUT2D eigenvalue weighted by atomic mass is 10.4. The number of hydrogen-bond acceptors (Lipinski definition) is 6. The highest BCUT2D eigenvalue weighted by molar-refractivity contribution is 7.15. The molecule has 0 aromatic carbocycles. The van der Waals surface area contributed by atoms with Gasteiger partial charge in [-0.1, -0.05) is 22.9 Å². The fourth-order valence-corrected chi connectivity index (χ4v) is 1.62. The van der Waals surface area contributed by atoms with Gasteiger partial charge in [-0.05, 0) is 6.92 Å². The van der Waals surface area contributed by atoms with Gasteiger partial charge in [-0.25, -0.2) is 9.97 Å². The first-order valence-electron chi connectivity index (χ1n) is 4.24. The standard InChI is InChI=1S/C8H6ClN5OS/c1-4-13-14-8(16-4)12-7(15)5-2-11-6(9)3-10-5/h2-3H,1H3,(H,12,14,15). The molecule has 0 radical (unpaired) electrons. The average Bonchev–Trinajstić information content (AvgIpc) is 2.65. The van der Waals surface area contributed by atoms with Crippen molar-refractivity contribution in [2.24, 2.45) is 0 Å². The average molecular weight is 256 g/mol. The van der Waals surface area contributed by atoms with Crippen molar-refractivity contribution < 1.29 is 4.79 Å². The molecule has 1 amide bonds. The summed E-state index contributed by atoms with van der Waals surface area (Å²) in [4.78, 5) is 19.2. The lowest BCUT2D eigenvalue weighted by Crippen LogP contribution is -2.13. The summed E-state index contributed by atoms with van der Waals surface area (Å²) in [7, 11) is 0. The van der Waals surface area contributed by atoms with Crippen molar-refractivity contribution in [2.75, 3.05) is 5.32 Å². The van der Waals surface area contributed by atoms with E-state index in [1.54, 1.807) is 6.92 Å². The summed E-state index contributed by atoms with van der Waals surface area (Å²) in [5.41, 5.74) is 0.178. The van der Waals surface area contributed by atoms with E-state index in [0.717, 1.165) is 5.01 Å². The lowest BCUT2D eigenvalue weighted by Gasteiger charge is -1.98. The van der Waals surface area contributed by atoms with Gasteiger partial charge in [0.25, 0.3) is 5.91 Å². The Morgan fingerprint density at radius 1 is 1.38 bits per heavy atom. The highest BCUT2D eigenvalue weighted by atomic mass is 35.5. The van der Waals surface area contributed by atoms with Crippen LogP contribution >= 0.6 is 22.9 Å². The van der Waals surface area contributed by atoms with Crippen LogP contribution in [0.4, 0.5) is 5.13 Å². The van der Waals surface area contributed by atoms with Gasteiger partial charge in [0.1, 0.15) is 15.9 Å². The van der Waals surface area contributed by atoms with E-state index in [1.807, 2.05) is 0 Å². The summed E-state index contributed by atoms with van der Waals surface area (Å²) in [6.45, 7) is 1.80. The molecule has 0 spiro atoms. The summed E-state index contributed by atoms with van der Waals surface area (Å²) in [5, 5.41) is 11.5. The zero-order chi connectivity index (χ0) is 11.5. The fourth-order valence-electron chi connectivity index (χ4n) is 0.938. The quantitative estimate of drug-likeness (QED) is 0.880. The first-order chi connectivity index (χ1) is 7.65. The van der Waals surface area contributed by atoms with Gasteiger partial charge in [-0.2, -0.15) is 0 Å². The number of nitrogens with one attached hydrogen (secondary N) is 1. The normalized spacial score (nSPS) is 10.1. The number of aryl methyl sites for hydroxylation is 1. The zero-order valence-electron chi connectivity index (χ0n) is 8.14. The predicted octanol–water partition coefficient (Wildman–Crippen LogP) is 1.54. The van der Waals surface area contributed by atoms with Crippen molar-refractivity contribution in [1.82, 2.24) is 20.2 Å². The van der Waals surface area contributed by atoms with Crippen LogP contribution < -0.4 is 5.32 Å². The molecule has 8 heteroatoms. The van der Waals surface area contributed by atoms with E-state index in [0.29, 0.717) is 5.13 Å². The molecule has 0 bridgehead atoms. The highest BCUT2D eigenvalue weighted by Crippen LogP contribution is 2.14. The molecule has 0 aliphatic carbocycles. The second-order valence-electron chi connectivity index (χ2n) is 2.80. The van der Waals surface area contributed by atoms with Crippen molar-refractivity contribution in [3.63, 3.8) is 0 Å². The molecule has 0 atom stereocenters. The van der Waals surface area contributed by atoms with Crippen molar-refractivity contribution in [3.8, 4) is 0 Å². The topological polar surface area (TPSA) is 80.7 Å². The maximum Gasteiger partial charge on any atom is 0.277 e. The van der Waals surface area contributed by atoms with Crippen LogP contribution in [0, 0.1) is 6.92 Å². The van der Waals surface area contributed by atoms with Crippen LogP contribution in [0.2, 0.25) is 5.15 Å². The second kappa shape index (κ2) is 4.50. The number of amides is 1. The first kappa shape index (κ1) is 10.9. The summed E-state index contributed by atoms with van der Waals surface area (Å²) in [5.74, 6) is -0.389. The number of aromatic nitrogens is 4. The van der Waals surface area contributed by atoms with E-state index in [-0.39, 0.29) is 16.8 Å². The number of hydrogen-bond donors (Lipinski definition) is 1. The Hall–Kier alpha value is -1.60. The summed E-state index contributed by atoms with van der Waals surface area (Å²) in [6.07, 6.45) is 2.60. The van der Waals surface area contributed by atoms with Gasteiger partial charge in [0.05, 0.1) is 12.4 Å². The Balaban J connectivity index is 2.11. The largest absolute Gasteiger partial charge is 0.295 e. The molecule has 0 fully saturated rings. The van der Waals surface area contributed by atoms with Crippen molar-refractivity contribution in [1.29, 1.82) is 0 Å². The van der Waals surface area contributed by atoms with Gasteiger partial charge in [-0.15, -0.1) is 10.2 Å². The zero-order valence-corrected chi connectivity index (χ0v) is 9.71. The van der Waals surface area contributed by atoms with Gasteiger partial charge in [0.15, 0.2) is 0 Å². The summed E-state index contributed by atoms with van der Waals surface area (Å²) < 4.78 is 0. The van der Waals surface area contributed by atoms with Crippen LogP contribution in [-0.2, 0) is 0 Å². The third-order valence-corrected chi connectivity index (χ3v) is 2.55. The summed E-state index contributed by atoms with van der Waals surface area (Å²) >= 11 is 6.84. The smallest absolute Gasteiger partial charge is 0.277 e. The third kappa shape index (κ3) is 2.50. The molecular formula is C8H6ClN5OS. The fraction of sp³-hybridized carbons (Fsp3) is 0.125. The summed E-state index contributed by atoms with van der Waals surface area (Å²) in [6, 6.07) is 0. The molecule has 82 valence electrons. The van der Waals surface area contributed by atoms with E-state index in [1.165, 1.54) is 23.7 Å². The third-order valence-electron chi connectivity index (χ3n) is 1.60. The van der Waals surface area contributed by atoms with Crippen molar-refractivity contribution in [3.05, 3.63) is 28.2 Å². The molecule has 1 N–H and O–H groups in total. The Morgan fingerprint density at radius 3 is 2.75 bits per heavy atom. The molecule has 0 saturated carbocycles. The van der Waals surface area contributed by atoms with Gasteiger partial charge in [-0.3, -0.25) is 10.1 Å². The van der Waals surface area contributed by atoms with Gasteiger partial charge in [0, 0.05) is 0 Å².